The second kappa shape index (κ2) is 15.9. The molecule has 0 aromatic heterocycles. The molecule has 0 spiro atoms. The monoisotopic (exact) mass is 499 g/mol. The summed E-state index contributed by atoms with van der Waals surface area (Å²) in [7, 11) is 1.66. The zero-order valence-corrected chi connectivity index (χ0v) is 22.1. The van der Waals surface area contributed by atoms with Gasteiger partial charge in [-0.2, -0.15) is 0 Å². The summed E-state index contributed by atoms with van der Waals surface area (Å²) in [6.07, 6.45) is 4.48. The first-order valence-electron chi connectivity index (χ1n) is 12.2. The quantitative estimate of drug-likeness (QED) is 0.228. The molecule has 1 rings (SSSR count). The molecular weight excluding hydrogens is 454 g/mol. The third-order valence-corrected chi connectivity index (χ3v) is 5.69. The maximum Gasteiger partial charge on any atom is 0.251 e. The van der Waals surface area contributed by atoms with Gasteiger partial charge in [-0.05, 0) is 52.7 Å². The number of carbonyl (C=O) groups excluding carboxylic acids is 2. The molecule has 1 aliphatic heterocycles. The minimum Gasteiger partial charge on any atom is -0.379 e. The first kappa shape index (κ1) is 31.1. The summed E-state index contributed by atoms with van der Waals surface area (Å²) in [6, 6.07) is 0. The zero-order valence-electron chi connectivity index (χ0n) is 22.1. The third kappa shape index (κ3) is 13.1. The lowest BCUT2D eigenvalue weighted by atomic mass is 10.1. The Kier molecular flexibility index (Phi) is 14.1. The van der Waals surface area contributed by atoms with E-state index in [4.69, 9.17) is 18.9 Å². The lowest BCUT2D eigenvalue weighted by molar-refractivity contribution is -0.145. The highest BCUT2D eigenvalue weighted by molar-refractivity contribution is 5.84. The van der Waals surface area contributed by atoms with Crippen LogP contribution in [0.15, 0.2) is 24.4 Å². The second-order valence-electron chi connectivity index (χ2n) is 9.46. The van der Waals surface area contributed by atoms with E-state index in [-0.39, 0.29) is 17.4 Å². The van der Waals surface area contributed by atoms with Crippen molar-refractivity contribution in [3.05, 3.63) is 24.4 Å². The molecule has 1 heterocycles. The number of hydrogen-bond acceptors (Lipinski definition) is 8. The van der Waals surface area contributed by atoms with Crippen LogP contribution in [-0.2, 0) is 28.5 Å². The Morgan fingerprint density at radius 1 is 1.06 bits per heavy atom. The SMILES string of the molecule is C=C1C=CC(O)N1CCCC(=O)NCCOCCOCCNC(=O)C(C)(C)OCCC(C)(C)OC. The van der Waals surface area contributed by atoms with Gasteiger partial charge in [0.05, 0.1) is 38.6 Å². The molecule has 35 heavy (non-hydrogen) atoms. The van der Waals surface area contributed by atoms with E-state index in [1.807, 2.05) is 13.8 Å². The van der Waals surface area contributed by atoms with E-state index in [9.17, 15) is 14.7 Å². The number of allylic oxidation sites excluding steroid dienone is 1. The fourth-order valence-electron chi connectivity index (χ4n) is 3.09. The number of amides is 2. The van der Waals surface area contributed by atoms with E-state index in [1.165, 1.54) is 0 Å². The highest BCUT2D eigenvalue weighted by atomic mass is 16.5. The van der Waals surface area contributed by atoms with Gasteiger partial charge in [-0.25, -0.2) is 0 Å². The van der Waals surface area contributed by atoms with Gasteiger partial charge < -0.3 is 39.6 Å². The van der Waals surface area contributed by atoms with Crippen molar-refractivity contribution in [2.75, 3.05) is 59.8 Å². The van der Waals surface area contributed by atoms with Crippen molar-refractivity contribution in [1.29, 1.82) is 0 Å². The summed E-state index contributed by atoms with van der Waals surface area (Å²) in [5.41, 5.74) is -0.467. The summed E-state index contributed by atoms with van der Waals surface area (Å²) in [6.45, 7) is 14.6. The average molecular weight is 500 g/mol. The lowest BCUT2D eigenvalue weighted by Crippen LogP contribution is -2.46. The predicted octanol–water partition coefficient (Wildman–Crippen LogP) is 1.35. The van der Waals surface area contributed by atoms with Gasteiger partial charge in [-0.15, -0.1) is 0 Å². The summed E-state index contributed by atoms with van der Waals surface area (Å²) < 4.78 is 22.0. The molecule has 1 unspecified atom stereocenters. The number of carbonyl (C=O) groups is 2. The van der Waals surface area contributed by atoms with Crippen LogP contribution in [0.2, 0.25) is 0 Å². The molecule has 0 saturated carbocycles. The second-order valence-corrected chi connectivity index (χ2v) is 9.46. The van der Waals surface area contributed by atoms with Crippen molar-refractivity contribution in [2.24, 2.45) is 0 Å². The van der Waals surface area contributed by atoms with Gasteiger partial charge in [-0.3, -0.25) is 9.59 Å². The van der Waals surface area contributed by atoms with Crippen LogP contribution in [0.4, 0.5) is 0 Å². The van der Waals surface area contributed by atoms with Crippen LogP contribution in [0.5, 0.6) is 0 Å². The van der Waals surface area contributed by atoms with Gasteiger partial charge in [0.1, 0.15) is 11.8 Å². The maximum absolute atomic E-state index is 12.3. The molecule has 0 saturated heterocycles. The van der Waals surface area contributed by atoms with Crippen molar-refractivity contribution in [3.8, 4) is 0 Å². The van der Waals surface area contributed by atoms with Crippen molar-refractivity contribution in [1.82, 2.24) is 15.5 Å². The van der Waals surface area contributed by atoms with Crippen molar-refractivity contribution < 1.29 is 33.6 Å². The van der Waals surface area contributed by atoms with Gasteiger partial charge in [0, 0.05) is 38.9 Å². The topological polar surface area (TPSA) is 119 Å². The fraction of sp³-hybridized carbons (Fsp3) is 0.760. The molecule has 0 bridgehead atoms. The van der Waals surface area contributed by atoms with Crippen LogP contribution < -0.4 is 10.6 Å². The first-order valence-corrected chi connectivity index (χ1v) is 12.2. The van der Waals surface area contributed by atoms with E-state index in [1.54, 1.807) is 38.0 Å². The predicted molar refractivity (Wildman–Crippen MR) is 134 cm³/mol. The molecule has 0 aromatic carbocycles. The van der Waals surface area contributed by atoms with E-state index in [0.717, 1.165) is 5.70 Å². The summed E-state index contributed by atoms with van der Waals surface area (Å²) >= 11 is 0. The zero-order chi connectivity index (χ0) is 26.3. The van der Waals surface area contributed by atoms with Crippen molar-refractivity contribution >= 4 is 11.8 Å². The Hall–Kier alpha value is -1.98. The molecule has 2 amide bonds. The molecule has 1 aliphatic rings. The first-order chi connectivity index (χ1) is 16.5. The van der Waals surface area contributed by atoms with Crippen LogP contribution >= 0.6 is 0 Å². The lowest BCUT2D eigenvalue weighted by Gasteiger charge is -2.28. The summed E-state index contributed by atoms with van der Waals surface area (Å²) in [5.74, 6) is -0.247. The van der Waals surface area contributed by atoms with Crippen LogP contribution in [-0.4, -0.2) is 99.0 Å². The number of aliphatic hydroxyl groups excluding tert-OH is 1. The van der Waals surface area contributed by atoms with E-state index in [0.29, 0.717) is 71.9 Å². The number of methoxy groups -OCH3 is 1. The number of nitrogens with one attached hydrogen (secondary N) is 2. The number of hydrogen-bond donors (Lipinski definition) is 3. The van der Waals surface area contributed by atoms with Crippen molar-refractivity contribution in [2.45, 2.75) is 64.4 Å². The smallest absolute Gasteiger partial charge is 0.251 e. The Morgan fingerprint density at radius 3 is 2.26 bits per heavy atom. The molecule has 202 valence electrons. The molecule has 0 radical (unpaired) electrons. The van der Waals surface area contributed by atoms with E-state index in [2.05, 4.69) is 17.2 Å². The number of rotatable bonds is 19. The highest BCUT2D eigenvalue weighted by Crippen LogP contribution is 2.17. The van der Waals surface area contributed by atoms with Crippen molar-refractivity contribution in [3.63, 3.8) is 0 Å². The largest absolute Gasteiger partial charge is 0.379 e. The molecule has 10 nitrogen and oxygen atoms in total. The van der Waals surface area contributed by atoms with Gasteiger partial charge >= 0.3 is 0 Å². The minimum absolute atomic E-state index is 0.0536. The molecular formula is C25H45N3O7. The Morgan fingerprint density at radius 2 is 1.69 bits per heavy atom. The van der Waals surface area contributed by atoms with Crippen LogP contribution in [0.25, 0.3) is 0 Å². The number of aliphatic hydroxyl groups is 1. The van der Waals surface area contributed by atoms with Crippen LogP contribution in [0, 0.1) is 0 Å². The van der Waals surface area contributed by atoms with Gasteiger partial charge in [0.25, 0.3) is 5.91 Å². The Bertz CT molecular complexity index is 695. The summed E-state index contributed by atoms with van der Waals surface area (Å²) in [4.78, 5) is 25.9. The van der Waals surface area contributed by atoms with E-state index < -0.39 is 11.8 Å². The molecule has 10 heteroatoms. The Labute approximate surface area is 210 Å². The van der Waals surface area contributed by atoms with Gasteiger partial charge in [-0.1, -0.05) is 6.58 Å². The number of ether oxygens (including phenoxy) is 4. The minimum atomic E-state index is -0.932. The normalized spacial score (nSPS) is 16.1. The molecule has 0 aromatic rings. The van der Waals surface area contributed by atoms with Crippen LogP contribution in [0.1, 0.15) is 47.0 Å². The van der Waals surface area contributed by atoms with Gasteiger partial charge in [0.15, 0.2) is 0 Å². The molecule has 1 atom stereocenters. The van der Waals surface area contributed by atoms with Gasteiger partial charge in [0.2, 0.25) is 5.91 Å². The molecule has 0 fully saturated rings. The summed E-state index contributed by atoms with van der Waals surface area (Å²) in [5, 5.41) is 15.4. The standard InChI is InChI=1S/C25H45N3O7/c1-20-9-10-22(30)28(20)14-7-8-21(29)26-12-16-33-18-19-34-17-13-27-23(31)25(4,5)35-15-11-24(2,3)32-6/h9-10,22,30H,1,7-8,11-19H2,2-6H3,(H,26,29)(H,27,31). The fourth-order valence-corrected chi connectivity index (χ4v) is 3.09. The van der Waals surface area contributed by atoms with E-state index >= 15 is 0 Å². The average Bonchev–Trinajstić information content (AvgIpc) is 3.12. The highest BCUT2D eigenvalue weighted by Gasteiger charge is 2.29. The third-order valence-electron chi connectivity index (χ3n) is 5.69. The molecule has 3 N–H and O–H groups in total. The van der Waals surface area contributed by atoms with Crippen LogP contribution in [0.3, 0.4) is 0 Å². The maximum atomic E-state index is 12.3. The Balaban J connectivity index is 1.96. The number of nitrogens with zero attached hydrogens (tertiary/aromatic N) is 1. The molecule has 0 aliphatic carbocycles.